The summed E-state index contributed by atoms with van der Waals surface area (Å²) in [5.74, 6) is -0.0317. The van der Waals surface area contributed by atoms with E-state index in [1.54, 1.807) is 18.2 Å². The number of aromatic amines is 1. The van der Waals surface area contributed by atoms with Gasteiger partial charge in [0.2, 0.25) is 11.1 Å². The minimum Gasteiger partial charge on any atom is -0.325 e. The van der Waals surface area contributed by atoms with E-state index in [2.05, 4.69) is 20.5 Å². The van der Waals surface area contributed by atoms with E-state index in [9.17, 15) is 9.18 Å². The Labute approximate surface area is 156 Å². The van der Waals surface area contributed by atoms with Gasteiger partial charge in [0.05, 0.1) is 10.8 Å². The molecule has 0 saturated carbocycles. The fourth-order valence-corrected chi connectivity index (χ4v) is 2.95. The summed E-state index contributed by atoms with van der Waals surface area (Å²) in [4.78, 5) is 16.2. The summed E-state index contributed by atoms with van der Waals surface area (Å²) in [5.41, 5.74) is 1.15. The molecule has 3 aromatic rings. The number of benzene rings is 2. The third-order valence-electron chi connectivity index (χ3n) is 3.11. The first-order valence-electron chi connectivity index (χ1n) is 7.07. The number of carbonyl (C=O) groups is 1. The first kappa shape index (κ1) is 17.7. The van der Waals surface area contributed by atoms with Gasteiger partial charge in [-0.2, -0.15) is 0 Å². The molecule has 0 aliphatic heterocycles. The van der Waals surface area contributed by atoms with Gasteiger partial charge >= 0.3 is 0 Å². The molecule has 0 saturated heterocycles. The standard InChI is InChI=1S/C16H11Cl2FN4OS/c17-9-1-6-13(18)12(7-9)15-21-16(23-22-15)25-8-14(24)20-11-4-2-10(19)3-5-11/h1-7H,8H2,(H,20,24)(H,21,22,23). The van der Waals surface area contributed by atoms with Crippen LogP contribution in [-0.4, -0.2) is 26.8 Å². The van der Waals surface area contributed by atoms with Crippen molar-refractivity contribution in [3.8, 4) is 11.4 Å². The number of thioether (sulfide) groups is 1. The topological polar surface area (TPSA) is 70.7 Å². The Morgan fingerprint density at radius 3 is 2.72 bits per heavy atom. The van der Waals surface area contributed by atoms with Gasteiger partial charge in [0.15, 0.2) is 5.82 Å². The molecule has 0 aliphatic carbocycles. The lowest BCUT2D eigenvalue weighted by Crippen LogP contribution is -2.14. The highest BCUT2D eigenvalue weighted by Crippen LogP contribution is 2.29. The van der Waals surface area contributed by atoms with E-state index >= 15 is 0 Å². The highest BCUT2D eigenvalue weighted by molar-refractivity contribution is 7.99. The van der Waals surface area contributed by atoms with E-state index in [0.717, 1.165) is 11.8 Å². The summed E-state index contributed by atoms with van der Waals surface area (Å²) < 4.78 is 12.8. The summed E-state index contributed by atoms with van der Waals surface area (Å²) in [6.07, 6.45) is 0. The van der Waals surface area contributed by atoms with E-state index in [0.29, 0.717) is 32.3 Å². The summed E-state index contributed by atoms with van der Waals surface area (Å²) >= 11 is 13.2. The number of aromatic nitrogens is 3. The number of nitrogens with zero attached hydrogens (tertiary/aromatic N) is 2. The number of H-pyrrole nitrogens is 1. The van der Waals surface area contributed by atoms with Gasteiger partial charge < -0.3 is 5.32 Å². The van der Waals surface area contributed by atoms with Crippen LogP contribution in [0.1, 0.15) is 0 Å². The number of rotatable bonds is 5. The molecular weight excluding hydrogens is 386 g/mol. The van der Waals surface area contributed by atoms with Crippen molar-refractivity contribution in [2.75, 3.05) is 11.1 Å². The van der Waals surface area contributed by atoms with Crippen molar-refractivity contribution in [1.29, 1.82) is 0 Å². The third kappa shape index (κ3) is 4.72. The molecule has 1 heterocycles. The van der Waals surface area contributed by atoms with Gasteiger partial charge in [0.25, 0.3) is 0 Å². The van der Waals surface area contributed by atoms with Crippen LogP contribution in [0.15, 0.2) is 47.6 Å². The Bertz CT molecular complexity index is 901. The van der Waals surface area contributed by atoms with Crippen LogP contribution in [-0.2, 0) is 4.79 Å². The van der Waals surface area contributed by atoms with Crippen molar-refractivity contribution in [1.82, 2.24) is 15.2 Å². The minimum atomic E-state index is -0.361. The maximum Gasteiger partial charge on any atom is 0.234 e. The van der Waals surface area contributed by atoms with Gasteiger partial charge in [-0.1, -0.05) is 35.0 Å². The second-order valence-electron chi connectivity index (χ2n) is 4.93. The molecule has 0 fully saturated rings. The lowest BCUT2D eigenvalue weighted by molar-refractivity contribution is -0.113. The zero-order valence-corrected chi connectivity index (χ0v) is 14.9. The first-order chi connectivity index (χ1) is 12.0. The predicted molar refractivity (Wildman–Crippen MR) is 97.6 cm³/mol. The fourth-order valence-electron chi connectivity index (χ4n) is 1.97. The number of nitrogens with one attached hydrogen (secondary N) is 2. The van der Waals surface area contributed by atoms with E-state index in [1.165, 1.54) is 24.3 Å². The molecule has 0 radical (unpaired) electrons. The molecular formula is C16H11Cl2FN4OS. The molecule has 128 valence electrons. The molecule has 0 spiro atoms. The second-order valence-corrected chi connectivity index (χ2v) is 6.72. The number of halogens is 3. The number of carbonyl (C=O) groups excluding carboxylic acids is 1. The van der Waals surface area contributed by atoms with Crippen molar-refractivity contribution < 1.29 is 9.18 Å². The van der Waals surface area contributed by atoms with Crippen molar-refractivity contribution in [3.05, 3.63) is 58.3 Å². The lowest BCUT2D eigenvalue weighted by atomic mass is 10.2. The van der Waals surface area contributed by atoms with Crippen molar-refractivity contribution >= 4 is 46.6 Å². The van der Waals surface area contributed by atoms with Crippen molar-refractivity contribution in [2.45, 2.75) is 5.16 Å². The molecule has 2 N–H and O–H groups in total. The zero-order valence-electron chi connectivity index (χ0n) is 12.6. The quantitative estimate of drug-likeness (QED) is 0.615. The Balaban J connectivity index is 1.61. The normalized spacial score (nSPS) is 10.7. The average molecular weight is 397 g/mol. The van der Waals surface area contributed by atoms with Gasteiger partial charge in [0, 0.05) is 16.3 Å². The van der Waals surface area contributed by atoms with Crippen molar-refractivity contribution in [2.24, 2.45) is 0 Å². The molecule has 25 heavy (non-hydrogen) atoms. The van der Waals surface area contributed by atoms with E-state index < -0.39 is 0 Å². The van der Waals surface area contributed by atoms with Gasteiger partial charge in [-0.3, -0.25) is 9.89 Å². The Hall–Kier alpha value is -2.09. The maximum absolute atomic E-state index is 12.8. The molecule has 0 atom stereocenters. The van der Waals surface area contributed by atoms with Crippen LogP contribution in [0.25, 0.3) is 11.4 Å². The monoisotopic (exact) mass is 396 g/mol. The van der Waals surface area contributed by atoms with Crippen LogP contribution < -0.4 is 5.32 Å². The molecule has 0 bridgehead atoms. The predicted octanol–water partition coefficient (Wildman–Crippen LogP) is 4.65. The number of anilines is 1. The maximum atomic E-state index is 12.8. The molecule has 1 amide bonds. The number of hydrogen-bond acceptors (Lipinski definition) is 4. The van der Waals surface area contributed by atoms with Crippen LogP contribution in [0.2, 0.25) is 10.0 Å². The largest absolute Gasteiger partial charge is 0.325 e. The second kappa shape index (κ2) is 7.86. The summed E-state index contributed by atoms with van der Waals surface area (Å²) in [5, 5.41) is 10.9. The Morgan fingerprint density at radius 2 is 1.96 bits per heavy atom. The van der Waals surface area contributed by atoms with Crippen LogP contribution >= 0.6 is 35.0 Å². The molecule has 3 rings (SSSR count). The first-order valence-corrected chi connectivity index (χ1v) is 8.81. The van der Waals surface area contributed by atoms with E-state index in [1.807, 2.05) is 0 Å². The number of amides is 1. The lowest BCUT2D eigenvalue weighted by Gasteiger charge is -2.03. The zero-order chi connectivity index (χ0) is 17.8. The average Bonchev–Trinajstić information content (AvgIpc) is 3.06. The molecule has 0 unspecified atom stereocenters. The van der Waals surface area contributed by atoms with E-state index in [4.69, 9.17) is 23.2 Å². The molecule has 9 heteroatoms. The third-order valence-corrected chi connectivity index (χ3v) is 4.52. The summed E-state index contributed by atoms with van der Waals surface area (Å²) in [6.45, 7) is 0. The van der Waals surface area contributed by atoms with E-state index in [-0.39, 0.29) is 17.5 Å². The molecule has 1 aromatic heterocycles. The molecule has 2 aromatic carbocycles. The number of hydrogen-bond donors (Lipinski definition) is 2. The Morgan fingerprint density at radius 1 is 1.20 bits per heavy atom. The van der Waals surface area contributed by atoms with Crippen LogP contribution in [0, 0.1) is 5.82 Å². The van der Waals surface area contributed by atoms with Crippen molar-refractivity contribution in [3.63, 3.8) is 0 Å². The highest BCUT2D eigenvalue weighted by atomic mass is 35.5. The molecule has 0 aliphatic rings. The van der Waals surface area contributed by atoms with Gasteiger partial charge in [-0.15, -0.1) is 5.10 Å². The molecule has 5 nitrogen and oxygen atoms in total. The minimum absolute atomic E-state index is 0.109. The summed E-state index contributed by atoms with van der Waals surface area (Å²) in [6, 6.07) is 10.6. The van der Waals surface area contributed by atoms with Gasteiger partial charge in [-0.05, 0) is 42.5 Å². The van der Waals surface area contributed by atoms with Gasteiger partial charge in [0.1, 0.15) is 5.82 Å². The SMILES string of the molecule is O=C(CSc1n[nH]c(-c2cc(Cl)ccc2Cl)n1)Nc1ccc(F)cc1. The Kier molecular flexibility index (Phi) is 5.57. The highest BCUT2D eigenvalue weighted by Gasteiger charge is 2.12. The smallest absolute Gasteiger partial charge is 0.234 e. The fraction of sp³-hybridized carbons (Fsp3) is 0.0625. The van der Waals surface area contributed by atoms with Crippen LogP contribution in [0.5, 0.6) is 0 Å². The van der Waals surface area contributed by atoms with Gasteiger partial charge in [-0.25, -0.2) is 9.37 Å². The van der Waals surface area contributed by atoms with Crippen LogP contribution in [0.4, 0.5) is 10.1 Å². The van der Waals surface area contributed by atoms with Crippen LogP contribution in [0.3, 0.4) is 0 Å². The summed E-state index contributed by atoms with van der Waals surface area (Å²) in [7, 11) is 0.